The van der Waals surface area contributed by atoms with Gasteiger partial charge >= 0.3 is 0 Å². The highest BCUT2D eigenvalue weighted by Crippen LogP contribution is 2.30. The van der Waals surface area contributed by atoms with E-state index in [0.29, 0.717) is 24.6 Å². The number of carbonyl (C=O) groups excluding carboxylic acids is 2. The summed E-state index contributed by atoms with van der Waals surface area (Å²) in [4.78, 5) is 26.2. The monoisotopic (exact) mass is 309 g/mol. The number of carbonyl (C=O) groups is 2. The summed E-state index contributed by atoms with van der Waals surface area (Å²) in [6.45, 7) is 0.649. The van der Waals surface area contributed by atoms with Crippen LogP contribution in [0.3, 0.4) is 0 Å². The number of nitrogens with zero attached hydrogens (tertiary/aromatic N) is 2. The average molecular weight is 309 g/mol. The van der Waals surface area contributed by atoms with E-state index in [-0.39, 0.29) is 17.9 Å². The quantitative estimate of drug-likeness (QED) is 0.939. The second-order valence-electron chi connectivity index (χ2n) is 6.29. The Morgan fingerprint density at radius 1 is 1.09 bits per heavy atom. The van der Waals surface area contributed by atoms with E-state index in [4.69, 9.17) is 0 Å². The number of hydrogen-bond acceptors (Lipinski definition) is 2. The van der Waals surface area contributed by atoms with Gasteiger partial charge in [0.05, 0.1) is 6.04 Å². The van der Waals surface area contributed by atoms with Gasteiger partial charge in [0.25, 0.3) is 5.91 Å². The summed E-state index contributed by atoms with van der Waals surface area (Å²) in [5.41, 5.74) is 1.64. The lowest BCUT2D eigenvalue weighted by Gasteiger charge is -2.16. The number of aromatic nitrogens is 1. The average Bonchev–Trinajstić information content (AvgIpc) is 3.11. The van der Waals surface area contributed by atoms with Gasteiger partial charge in [-0.05, 0) is 49.2 Å². The molecule has 118 valence electrons. The van der Waals surface area contributed by atoms with E-state index >= 15 is 0 Å². The van der Waals surface area contributed by atoms with Crippen LogP contribution >= 0.6 is 0 Å². The van der Waals surface area contributed by atoms with Crippen molar-refractivity contribution in [1.29, 1.82) is 0 Å². The molecule has 1 aromatic carbocycles. The van der Waals surface area contributed by atoms with E-state index < -0.39 is 0 Å². The third-order valence-electron chi connectivity index (χ3n) is 4.51. The number of amides is 2. The number of likely N-dealkylation sites (tertiary alicyclic amines) is 1. The van der Waals surface area contributed by atoms with Gasteiger partial charge in [-0.2, -0.15) is 0 Å². The predicted octanol–water partition coefficient (Wildman–Crippen LogP) is 1.97. The Morgan fingerprint density at radius 2 is 1.78 bits per heavy atom. The summed E-state index contributed by atoms with van der Waals surface area (Å²) in [6, 6.07) is 11.8. The van der Waals surface area contributed by atoms with Gasteiger partial charge in [0.2, 0.25) is 5.91 Å². The molecule has 1 saturated carbocycles. The fourth-order valence-electron chi connectivity index (χ4n) is 3.13. The maximum atomic E-state index is 12.3. The summed E-state index contributed by atoms with van der Waals surface area (Å²) in [5.74, 6) is 0.0558. The molecule has 1 atom stereocenters. The molecule has 23 heavy (non-hydrogen) atoms. The number of nitrogens with one attached hydrogen (secondary N) is 1. The summed E-state index contributed by atoms with van der Waals surface area (Å²) in [7, 11) is 0. The molecule has 4 rings (SSSR count). The lowest BCUT2D eigenvalue weighted by Crippen LogP contribution is -2.37. The third-order valence-corrected chi connectivity index (χ3v) is 4.51. The van der Waals surface area contributed by atoms with Crippen LogP contribution in [0.4, 0.5) is 0 Å². The van der Waals surface area contributed by atoms with E-state index in [1.165, 1.54) is 0 Å². The minimum Gasteiger partial charge on any atom is -0.347 e. The van der Waals surface area contributed by atoms with Crippen molar-refractivity contribution in [3.8, 4) is 5.69 Å². The molecule has 1 aliphatic heterocycles. The number of benzene rings is 1. The van der Waals surface area contributed by atoms with Gasteiger partial charge in [-0.3, -0.25) is 9.59 Å². The fraction of sp³-hybridized carbons (Fsp3) is 0.333. The number of rotatable bonds is 4. The van der Waals surface area contributed by atoms with Gasteiger partial charge in [-0.25, -0.2) is 0 Å². The molecule has 2 aliphatic rings. The van der Waals surface area contributed by atoms with Crippen molar-refractivity contribution < 1.29 is 9.59 Å². The molecule has 5 heteroatoms. The van der Waals surface area contributed by atoms with E-state index in [1.807, 2.05) is 58.3 Å². The zero-order valence-electron chi connectivity index (χ0n) is 12.8. The van der Waals surface area contributed by atoms with Crippen LogP contribution in [0.15, 0.2) is 48.8 Å². The second kappa shape index (κ2) is 5.57. The Kier molecular flexibility index (Phi) is 3.41. The first-order valence-electron chi connectivity index (χ1n) is 8.04. The van der Waals surface area contributed by atoms with E-state index in [0.717, 1.165) is 18.5 Å². The largest absolute Gasteiger partial charge is 0.347 e. The lowest BCUT2D eigenvalue weighted by molar-refractivity contribution is -0.128. The first-order chi connectivity index (χ1) is 11.2. The Hall–Kier alpha value is -2.56. The van der Waals surface area contributed by atoms with Gasteiger partial charge in [-0.15, -0.1) is 0 Å². The summed E-state index contributed by atoms with van der Waals surface area (Å²) < 4.78 is 1.99. The molecule has 1 aromatic heterocycles. The SMILES string of the molecule is O=C(N[C@@H]1CC(=O)N(C2CC2)C1)c1ccc(-n2cccc2)cc1. The predicted molar refractivity (Wildman–Crippen MR) is 86.4 cm³/mol. The molecule has 0 bridgehead atoms. The molecular weight excluding hydrogens is 290 g/mol. The highest BCUT2D eigenvalue weighted by molar-refractivity contribution is 5.95. The highest BCUT2D eigenvalue weighted by Gasteiger charge is 2.39. The van der Waals surface area contributed by atoms with Crippen molar-refractivity contribution in [3.05, 3.63) is 54.4 Å². The van der Waals surface area contributed by atoms with Crippen LogP contribution in [-0.2, 0) is 4.79 Å². The molecule has 2 heterocycles. The zero-order valence-corrected chi connectivity index (χ0v) is 12.8. The maximum absolute atomic E-state index is 12.3. The maximum Gasteiger partial charge on any atom is 0.251 e. The Bertz CT molecular complexity index is 717. The molecule has 1 aliphatic carbocycles. The lowest BCUT2D eigenvalue weighted by atomic mass is 10.1. The van der Waals surface area contributed by atoms with Crippen LogP contribution in [0.1, 0.15) is 29.6 Å². The molecule has 2 aromatic rings. The first-order valence-corrected chi connectivity index (χ1v) is 8.04. The fourth-order valence-corrected chi connectivity index (χ4v) is 3.13. The van der Waals surface area contributed by atoms with Crippen LogP contribution in [0.25, 0.3) is 5.69 Å². The normalized spacial score (nSPS) is 20.8. The smallest absolute Gasteiger partial charge is 0.251 e. The molecule has 0 unspecified atom stereocenters. The van der Waals surface area contributed by atoms with E-state index in [1.54, 1.807) is 0 Å². The summed E-state index contributed by atoms with van der Waals surface area (Å²) in [6.07, 6.45) is 6.56. The van der Waals surface area contributed by atoms with Crippen LogP contribution < -0.4 is 5.32 Å². The Morgan fingerprint density at radius 3 is 2.43 bits per heavy atom. The van der Waals surface area contributed by atoms with Gasteiger partial charge in [0.15, 0.2) is 0 Å². The van der Waals surface area contributed by atoms with Crippen LogP contribution in [-0.4, -0.2) is 39.9 Å². The van der Waals surface area contributed by atoms with Crippen molar-refractivity contribution in [2.24, 2.45) is 0 Å². The van der Waals surface area contributed by atoms with Crippen LogP contribution in [0.2, 0.25) is 0 Å². The van der Waals surface area contributed by atoms with Crippen molar-refractivity contribution in [1.82, 2.24) is 14.8 Å². The van der Waals surface area contributed by atoms with Crippen molar-refractivity contribution in [2.45, 2.75) is 31.3 Å². The second-order valence-corrected chi connectivity index (χ2v) is 6.29. The molecule has 2 fully saturated rings. The van der Waals surface area contributed by atoms with E-state index in [9.17, 15) is 9.59 Å². The molecule has 0 spiro atoms. The summed E-state index contributed by atoms with van der Waals surface area (Å²) in [5, 5.41) is 2.98. The first kappa shape index (κ1) is 14.1. The van der Waals surface area contributed by atoms with Gasteiger partial charge in [0, 0.05) is 42.7 Å². The van der Waals surface area contributed by atoms with Gasteiger partial charge in [-0.1, -0.05) is 0 Å². The molecule has 2 amide bonds. The number of hydrogen-bond donors (Lipinski definition) is 1. The molecule has 0 radical (unpaired) electrons. The third kappa shape index (κ3) is 2.86. The van der Waals surface area contributed by atoms with Crippen LogP contribution in [0, 0.1) is 0 Å². The van der Waals surface area contributed by atoms with Gasteiger partial charge < -0.3 is 14.8 Å². The Balaban J connectivity index is 1.40. The zero-order chi connectivity index (χ0) is 15.8. The van der Waals surface area contributed by atoms with Crippen molar-refractivity contribution >= 4 is 11.8 Å². The minimum absolute atomic E-state index is 0.0697. The molecule has 1 saturated heterocycles. The topological polar surface area (TPSA) is 54.3 Å². The minimum atomic E-state index is -0.112. The standard InChI is InChI=1S/C18H19N3O2/c22-17-11-14(12-21(17)16-7-8-16)19-18(23)13-3-5-15(6-4-13)20-9-1-2-10-20/h1-6,9-10,14,16H,7-8,11-12H2,(H,19,23)/t14-/m1/s1. The van der Waals surface area contributed by atoms with E-state index in [2.05, 4.69) is 5.32 Å². The molecular formula is C18H19N3O2. The van der Waals surface area contributed by atoms with Crippen molar-refractivity contribution in [3.63, 3.8) is 0 Å². The molecule has 1 N–H and O–H groups in total. The Labute approximate surface area is 134 Å². The van der Waals surface area contributed by atoms with Gasteiger partial charge in [0.1, 0.15) is 0 Å². The summed E-state index contributed by atoms with van der Waals surface area (Å²) >= 11 is 0. The van der Waals surface area contributed by atoms with Crippen LogP contribution in [0.5, 0.6) is 0 Å². The highest BCUT2D eigenvalue weighted by atomic mass is 16.2. The van der Waals surface area contributed by atoms with Crippen molar-refractivity contribution in [2.75, 3.05) is 6.54 Å². The molecule has 5 nitrogen and oxygen atoms in total.